The average molecular weight is 329 g/mol. The second-order valence-corrected chi connectivity index (χ2v) is 7.37. The smallest absolute Gasteiger partial charge is 0.159 e. The van der Waals surface area contributed by atoms with Crippen molar-refractivity contribution in [2.24, 2.45) is 7.05 Å². The molecule has 1 fully saturated rings. The molecule has 0 atom stereocenters. The minimum atomic E-state index is 0.559. The van der Waals surface area contributed by atoms with Gasteiger partial charge in [-0.15, -0.1) is 0 Å². The van der Waals surface area contributed by atoms with Gasteiger partial charge < -0.3 is 14.8 Å². The summed E-state index contributed by atoms with van der Waals surface area (Å²) < 4.78 is 2.14. The van der Waals surface area contributed by atoms with Crippen LogP contribution < -0.4 is 5.32 Å². The van der Waals surface area contributed by atoms with Gasteiger partial charge >= 0.3 is 0 Å². The Morgan fingerprint density at radius 1 is 1.25 bits per heavy atom. The van der Waals surface area contributed by atoms with Gasteiger partial charge in [0, 0.05) is 25.6 Å². The normalized spacial score (nSPS) is 21.5. The first kappa shape index (κ1) is 17.2. The highest BCUT2D eigenvalue weighted by atomic mass is 15.1. The van der Waals surface area contributed by atoms with Crippen molar-refractivity contribution in [2.75, 3.05) is 19.4 Å². The van der Waals surface area contributed by atoms with Crippen LogP contribution in [0.3, 0.4) is 0 Å². The number of rotatable bonds is 6. The number of nitrogens with zero attached hydrogens (tertiary/aromatic N) is 4. The second kappa shape index (κ2) is 7.51. The lowest BCUT2D eigenvalue weighted by Gasteiger charge is -2.33. The van der Waals surface area contributed by atoms with E-state index in [0.717, 1.165) is 35.1 Å². The van der Waals surface area contributed by atoms with Crippen molar-refractivity contribution in [1.82, 2.24) is 19.4 Å². The standard InChI is InChI=1S/C19H31N5/c1-5-6-7-18-22-17-12-15(13-20-19(17)24(18)4)21-14-8-10-16(11-9-14)23(2)3/h12-14,16,21H,5-11H2,1-4H3. The van der Waals surface area contributed by atoms with Crippen LogP contribution in [0, 0.1) is 0 Å². The van der Waals surface area contributed by atoms with Crippen LogP contribution >= 0.6 is 0 Å². The van der Waals surface area contributed by atoms with E-state index in [2.05, 4.69) is 53.9 Å². The van der Waals surface area contributed by atoms with Gasteiger partial charge in [0.25, 0.3) is 0 Å². The molecule has 3 rings (SSSR count). The van der Waals surface area contributed by atoms with Gasteiger partial charge in [-0.3, -0.25) is 0 Å². The molecule has 0 unspecified atom stereocenters. The summed E-state index contributed by atoms with van der Waals surface area (Å²) in [7, 11) is 6.45. The van der Waals surface area contributed by atoms with E-state index in [-0.39, 0.29) is 0 Å². The number of hydrogen-bond acceptors (Lipinski definition) is 4. The molecule has 2 aromatic heterocycles. The molecule has 2 heterocycles. The van der Waals surface area contributed by atoms with Gasteiger partial charge in [0.15, 0.2) is 5.65 Å². The molecule has 1 N–H and O–H groups in total. The summed E-state index contributed by atoms with van der Waals surface area (Å²) in [6, 6.07) is 3.46. The molecule has 2 aromatic rings. The first-order chi connectivity index (χ1) is 11.6. The molecule has 0 bridgehead atoms. The van der Waals surface area contributed by atoms with E-state index < -0.39 is 0 Å². The van der Waals surface area contributed by atoms with Gasteiger partial charge in [0.1, 0.15) is 11.3 Å². The van der Waals surface area contributed by atoms with E-state index in [9.17, 15) is 0 Å². The van der Waals surface area contributed by atoms with Crippen molar-refractivity contribution in [3.05, 3.63) is 18.1 Å². The Morgan fingerprint density at radius 3 is 2.67 bits per heavy atom. The van der Waals surface area contributed by atoms with Crippen molar-refractivity contribution < 1.29 is 0 Å². The van der Waals surface area contributed by atoms with E-state index in [0.29, 0.717) is 6.04 Å². The van der Waals surface area contributed by atoms with Crippen LogP contribution in [0.4, 0.5) is 5.69 Å². The zero-order valence-corrected chi connectivity index (χ0v) is 15.5. The van der Waals surface area contributed by atoms with Crippen LogP contribution in [0.25, 0.3) is 11.2 Å². The molecule has 1 aliphatic carbocycles. The summed E-state index contributed by atoms with van der Waals surface area (Å²) in [5.41, 5.74) is 3.11. The number of imidazole rings is 1. The first-order valence-corrected chi connectivity index (χ1v) is 9.32. The third kappa shape index (κ3) is 3.72. The maximum absolute atomic E-state index is 4.79. The molecular weight excluding hydrogens is 298 g/mol. The lowest BCUT2D eigenvalue weighted by Crippen LogP contribution is -2.36. The van der Waals surface area contributed by atoms with Crippen molar-refractivity contribution in [2.45, 2.75) is 64.0 Å². The second-order valence-electron chi connectivity index (χ2n) is 7.37. The highest BCUT2D eigenvalue weighted by Gasteiger charge is 2.22. The van der Waals surface area contributed by atoms with E-state index in [1.807, 2.05) is 6.20 Å². The SMILES string of the molecule is CCCCc1nc2cc(NC3CCC(N(C)C)CC3)cnc2n1C. The van der Waals surface area contributed by atoms with Crippen LogP contribution in [0.15, 0.2) is 12.3 Å². The Kier molecular flexibility index (Phi) is 5.39. The Bertz CT molecular complexity index is 668. The third-order valence-corrected chi connectivity index (χ3v) is 5.35. The van der Waals surface area contributed by atoms with E-state index in [1.54, 1.807) is 0 Å². The van der Waals surface area contributed by atoms with Crippen molar-refractivity contribution >= 4 is 16.9 Å². The summed E-state index contributed by atoms with van der Waals surface area (Å²) in [6.45, 7) is 2.22. The molecule has 24 heavy (non-hydrogen) atoms. The number of fused-ring (bicyclic) bond motifs is 1. The maximum atomic E-state index is 4.79. The minimum Gasteiger partial charge on any atom is -0.381 e. The van der Waals surface area contributed by atoms with Gasteiger partial charge in [-0.25, -0.2) is 9.97 Å². The predicted octanol–water partition coefficient (Wildman–Crippen LogP) is 3.60. The van der Waals surface area contributed by atoms with E-state index in [1.165, 1.54) is 38.5 Å². The maximum Gasteiger partial charge on any atom is 0.159 e. The number of aryl methyl sites for hydroxylation is 2. The Labute approximate surface area is 145 Å². The van der Waals surface area contributed by atoms with Crippen LogP contribution in [-0.2, 0) is 13.5 Å². The summed E-state index contributed by atoms with van der Waals surface area (Å²) in [5, 5.41) is 3.67. The summed E-state index contributed by atoms with van der Waals surface area (Å²) in [5.74, 6) is 1.14. The molecule has 0 radical (unpaired) electrons. The van der Waals surface area contributed by atoms with Crippen molar-refractivity contribution in [3.63, 3.8) is 0 Å². The van der Waals surface area contributed by atoms with E-state index >= 15 is 0 Å². The molecule has 5 nitrogen and oxygen atoms in total. The number of nitrogens with one attached hydrogen (secondary N) is 1. The molecular formula is C19H31N5. The number of pyridine rings is 1. The molecule has 0 aliphatic heterocycles. The van der Waals surface area contributed by atoms with Gasteiger partial charge in [0.2, 0.25) is 0 Å². The Morgan fingerprint density at radius 2 is 2.00 bits per heavy atom. The number of unbranched alkanes of at least 4 members (excludes halogenated alkanes) is 1. The zero-order chi connectivity index (χ0) is 17.1. The predicted molar refractivity (Wildman–Crippen MR) is 100 cm³/mol. The molecule has 132 valence electrons. The Balaban J connectivity index is 1.68. The number of anilines is 1. The number of hydrogen-bond donors (Lipinski definition) is 1. The monoisotopic (exact) mass is 329 g/mol. The zero-order valence-electron chi connectivity index (χ0n) is 15.5. The topological polar surface area (TPSA) is 46.0 Å². The van der Waals surface area contributed by atoms with Gasteiger partial charge in [-0.2, -0.15) is 0 Å². The fourth-order valence-corrected chi connectivity index (χ4v) is 3.73. The third-order valence-electron chi connectivity index (χ3n) is 5.35. The van der Waals surface area contributed by atoms with Crippen LogP contribution in [-0.4, -0.2) is 45.6 Å². The summed E-state index contributed by atoms with van der Waals surface area (Å²) >= 11 is 0. The molecule has 0 spiro atoms. The van der Waals surface area contributed by atoms with Crippen molar-refractivity contribution in [1.29, 1.82) is 0 Å². The Hall–Kier alpha value is -1.62. The van der Waals surface area contributed by atoms with E-state index in [4.69, 9.17) is 4.98 Å². The molecule has 0 aromatic carbocycles. The van der Waals surface area contributed by atoms with Crippen LogP contribution in [0.2, 0.25) is 0 Å². The molecule has 0 saturated heterocycles. The lowest BCUT2D eigenvalue weighted by atomic mass is 9.90. The van der Waals surface area contributed by atoms with Crippen LogP contribution in [0.5, 0.6) is 0 Å². The quantitative estimate of drug-likeness (QED) is 0.879. The van der Waals surface area contributed by atoms with Gasteiger partial charge in [-0.05, 0) is 52.3 Å². The summed E-state index contributed by atoms with van der Waals surface area (Å²) in [6.07, 6.45) is 10.4. The lowest BCUT2D eigenvalue weighted by molar-refractivity contribution is 0.221. The van der Waals surface area contributed by atoms with Gasteiger partial charge in [-0.1, -0.05) is 13.3 Å². The molecule has 1 saturated carbocycles. The highest BCUT2D eigenvalue weighted by Crippen LogP contribution is 2.25. The first-order valence-electron chi connectivity index (χ1n) is 9.32. The van der Waals surface area contributed by atoms with Crippen LogP contribution in [0.1, 0.15) is 51.3 Å². The average Bonchev–Trinajstić information content (AvgIpc) is 2.89. The summed E-state index contributed by atoms with van der Waals surface area (Å²) in [4.78, 5) is 11.8. The molecule has 0 amide bonds. The number of aromatic nitrogens is 3. The fraction of sp³-hybridized carbons (Fsp3) is 0.684. The largest absolute Gasteiger partial charge is 0.381 e. The van der Waals surface area contributed by atoms with Crippen molar-refractivity contribution in [3.8, 4) is 0 Å². The highest BCUT2D eigenvalue weighted by molar-refractivity contribution is 5.75. The fourth-order valence-electron chi connectivity index (χ4n) is 3.73. The van der Waals surface area contributed by atoms with Gasteiger partial charge in [0.05, 0.1) is 11.9 Å². The molecule has 1 aliphatic rings. The minimum absolute atomic E-state index is 0.559. The molecule has 5 heteroatoms.